The minimum Gasteiger partial charge on any atom is -0.371 e. The largest absolute Gasteiger partial charge is 0.371 e. The third kappa shape index (κ3) is 4.95. The zero-order chi connectivity index (χ0) is 26.5. The minimum atomic E-state index is -3.51. The Morgan fingerprint density at radius 2 is 1.66 bits per heavy atom. The Morgan fingerprint density at radius 3 is 2.29 bits per heavy atom. The summed E-state index contributed by atoms with van der Waals surface area (Å²) in [5.74, 6) is -2.56. The summed E-state index contributed by atoms with van der Waals surface area (Å²) >= 11 is 0. The second-order valence-corrected chi connectivity index (χ2v) is 13.3. The number of piperidine rings is 2. The number of aromatic nitrogens is 2. The first-order chi connectivity index (χ1) is 18.1. The predicted molar refractivity (Wildman–Crippen MR) is 140 cm³/mol. The van der Waals surface area contributed by atoms with Gasteiger partial charge in [0.1, 0.15) is 5.82 Å². The van der Waals surface area contributed by atoms with Crippen LogP contribution in [0.4, 0.5) is 26.2 Å². The van der Waals surface area contributed by atoms with Crippen LogP contribution in [0.1, 0.15) is 48.9 Å². The van der Waals surface area contributed by atoms with Gasteiger partial charge in [-0.25, -0.2) is 22.2 Å². The van der Waals surface area contributed by atoms with Crippen LogP contribution in [0.2, 0.25) is 0 Å². The minimum absolute atomic E-state index is 0.0728. The standard InChI is InChI=1S/C26H32F2N6O3S/c27-26(28)8-13-34(14-9-26)22-3-10-30-24(31-22)32-23(35)20-2-1-18(38(36,37)19-16-29-17-19)15-21(20)33-11-6-25(4-5-25)7-12-33/h1-3,10,15,19,29H,4-9,11-14,16-17H2,(H,30,31,32,35). The molecule has 2 aromatic rings. The van der Waals surface area contributed by atoms with Crippen molar-refractivity contribution in [2.24, 2.45) is 5.41 Å². The quantitative estimate of drug-likeness (QED) is 0.569. The summed E-state index contributed by atoms with van der Waals surface area (Å²) in [4.78, 5) is 26.1. The topological polar surface area (TPSA) is 108 Å². The van der Waals surface area contributed by atoms with Crippen molar-refractivity contribution in [3.05, 3.63) is 36.0 Å². The highest BCUT2D eigenvalue weighted by Gasteiger charge is 2.45. The third-order valence-electron chi connectivity index (χ3n) is 8.53. The van der Waals surface area contributed by atoms with Gasteiger partial charge in [-0.2, -0.15) is 4.98 Å². The Labute approximate surface area is 220 Å². The fraction of sp³-hybridized carbons (Fsp3) is 0.577. The molecule has 4 heterocycles. The first kappa shape index (κ1) is 25.4. The molecule has 0 unspecified atom stereocenters. The van der Waals surface area contributed by atoms with E-state index in [0.29, 0.717) is 35.6 Å². The van der Waals surface area contributed by atoms with Crippen LogP contribution in [-0.2, 0) is 9.84 Å². The molecule has 9 nitrogen and oxygen atoms in total. The van der Waals surface area contributed by atoms with Gasteiger partial charge in [0.15, 0.2) is 9.84 Å². The smallest absolute Gasteiger partial charge is 0.260 e. The van der Waals surface area contributed by atoms with Crippen molar-refractivity contribution in [1.82, 2.24) is 15.3 Å². The predicted octanol–water partition coefficient (Wildman–Crippen LogP) is 3.09. The maximum absolute atomic E-state index is 13.6. The summed E-state index contributed by atoms with van der Waals surface area (Å²) in [6, 6.07) is 6.35. The van der Waals surface area contributed by atoms with Crippen molar-refractivity contribution in [1.29, 1.82) is 0 Å². The highest BCUT2D eigenvalue weighted by Crippen LogP contribution is 2.54. The van der Waals surface area contributed by atoms with E-state index in [1.165, 1.54) is 25.1 Å². The molecule has 0 bridgehead atoms. The Morgan fingerprint density at radius 1 is 0.974 bits per heavy atom. The van der Waals surface area contributed by atoms with Crippen molar-refractivity contribution < 1.29 is 22.0 Å². The van der Waals surface area contributed by atoms with E-state index in [-0.39, 0.29) is 36.8 Å². The van der Waals surface area contributed by atoms with Crippen molar-refractivity contribution in [2.45, 2.75) is 54.6 Å². The fourth-order valence-corrected chi connectivity index (χ4v) is 7.13. The van der Waals surface area contributed by atoms with Crippen LogP contribution in [0.25, 0.3) is 0 Å². The van der Waals surface area contributed by atoms with Crippen LogP contribution >= 0.6 is 0 Å². The van der Waals surface area contributed by atoms with Gasteiger partial charge in [-0.05, 0) is 55.4 Å². The van der Waals surface area contributed by atoms with Crippen LogP contribution in [0.3, 0.4) is 0 Å². The average Bonchev–Trinajstić information content (AvgIpc) is 3.61. The van der Waals surface area contributed by atoms with Gasteiger partial charge in [0.05, 0.1) is 21.4 Å². The lowest BCUT2D eigenvalue weighted by Crippen LogP contribution is -2.51. The van der Waals surface area contributed by atoms with E-state index < -0.39 is 26.9 Å². The van der Waals surface area contributed by atoms with E-state index in [1.807, 2.05) is 0 Å². The number of nitrogens with zero attached hydrogens (tertiary/aromatic N) is 4. The van der Waals surface area contributed by atoms with E-state index >= 15 is 0 Å². The normalized spacial score (nSPS) is 22.7. The van der Waals surface area contributed by atoms with Crippen LogP contribution in [-0.4, -0.2) is 74.7 Å². The molecular weight excluding hydrogens is 514 g/mol. The van der Waals surface area contributed by atoms with Gasteiger partial charge < -0.3 is 15.1 Å². The summed E-state index contributed by atoms with van der Waals surface area (Å²) in [6.45, 7) is 2.72. The molecule has 3 aliphatic heterocycles. The van der Waals surface area contributed by atoms with Gasteiger partial charge in [-0.15, -0.1) is 0 Å². The van der Waals surface area contributed by atoms with Gasteiger partial charge in [-0.1, -0.05) is 0 Å². The van der Waals surface area contributed by atoms with E-state index in [1.54, 1.807) is 23.1 Å². The number of anilines is 3. The molecule has 2 N–H and O–H groups in total. The Hall–Kier alpha value is -2.86. The number of alkyl halides is 2. The molecule has 1 spiro atoms. The Kier molecular flexibility index (Phi) is 6.29. The number of hydrogen-bond acceptors (Lipinski definition) is 8. The molecule has 1 aromatic carbocycles. The molecule has 1 saturated carbocycles. The van der Waals surface area contributed by atoms with E-state index in [4.69, 9.17) is 0 Å². The molecule has 12 heteroatoms. The van der Waals surface area contributed by atoms with Gasteiger partial charge in [-0.3, -0.25) is 10.1 Å². The molecule has 3 saturated heterocycles. The second kappa shape index (κ2) is 9.41. The lowest BCUT2D eigenvalue weighted by atomic mass is 9.93. The van der Waals surface area contributed by atoms with Crippen LogP contribution in [0.15, 0.2) is 35.4 Å². The highest BCUT2D eigenvalue weighted by molar-refractivity contribution is 7.92. The van der Waals surface area contributed by atoms with Crippen molar-refractivity contribution >= 4 is 33.2 Å². The molecule has 4 fully saturated rings. The molecule has 38 heavy (non-hydrogen) atoms. The second-order valence-electron chi connectivity index (χ2n) is 11.0. The molecule has 6 rings (SSSR count). The molecule has 1 amide bonds. The number of amides is 1. The maximum Gasteiger partial charge on any atom is 0.260 e. The van der Waals surface area contributed by atoms with E-state index in [9.17, 15) is 22.0 Å². The first-order valence-corrected chi connectivity index (χ1v) is 14.8. The SMILES string of the molecule is O=C(Nc1nccc(N2CCC(F)(F)CC2)n1)c1ccc(S(=O)(=O)C2CNC2)cc1N1CCC2(CC1)CC2. The van der Waals surface area contributed by atoms with Gasteiger partial charge in [0.2, 0.25) is 5.95 Å². The summed E-state index contributed by atoms with van der Waals surface area (Å²) in [5.41, 5.74) is 1.38. The zero-order valence-corrected chi connectivity index (χ0v) is 21.9. The zero-order valence-electron chi connectivity index (χ0n) is 21.1. The van der Waals surface area contributed by atoms with Crippen molar-refractivity contribution in [3.63, 3.8) is 0 Å². The molecular formula is C26H32F2N6O3S. The number of carbonyl (C=O) groups is 1. The molecule has 0 atom stereocenters. The Bertz CT molecular complexity index is 1330. The number of rotatable bonds is 6. The molecule has 1 aliphatic carbocycles. The lowest BCUT2D eigenvalue weighted by Gasteiger charge is -2.35. The van der Waals surface area contributed by atoms with Gasteiger partial charge >= 0.3 is 0 Å². The molecule has 0 radical (unpaired) electrons. The number of sulfone groups is 1. The third-order valence-corrected chi connectivity index (χ3v) is 10.7. The number of carbonyl (C=O) groups excluding carboxylic acids is 1. The Balaban J connectivity index is 1.25. The number of benzene rings is 1. The van der Waals surface area contributed by atoms with Gasteiger partial charge in [0, 0.05) is 58.3 Å². The highest BCUT2D eigenvalue weighted by atomic mass is 32.2. The monoisotopic (exact) mass is 546 g/mol. The fourth-order valence-electron chi connectivity index (χ4n) is 5.53. The van der Waals surface area contributed by atoms with Crippen molar-refractivity contribution in [2.75, 3.05) is 54.4 Å². The number of nitrogens with one attached hydrogen (secondary N) is 2. The van der Waals surface area contributed by atoms with Crippen LogP contribution < -0.4 is 20.4 Å². The van der Waals surface area contributed by atoms with Crippen molar-refractivity contribution in [3.8, 4) is 0 Å². The summed E-state index contributed by atoms with van der Waals surface area (Å²) in [5, 5.41) is 5.29. The first-order valence-electron chi connectivity index (χ1n) is 13.3. The molecule has 4 aliphatic rings. The van der Waals surface area contributed by atoms with E-state index in [2.05, 4.69) is 25.5 Å². The average molecular weight is 547 g/mol. The molecule has 204 valence electrons. The number of hydrogen-bond donors (Lipinski definition) is 2. The summed E-state index contributed by atoms with van der Waals surface area (Å²) in [7, 11) is -3.51. The number of halogens is 2. The maximum atomic E-state index is 13.6. The molecule has 1 aromatic heterocycles. The lowest BCUT2D eigenvalue weighted by molar-refractivity contribution is -0.0221. The van der Waals surface area contributed by atoms with Gasteiger partial charge in [0.25, 0.3) is 11.8 Å². The summed E-state index contributed by atoms with van der Waals surface area (Å²) in [6.07, 6.45) is 5.53. The van der Waals surface area contributed by atoms with E-state index in [0.717, 1.165) is 25.9 Å². The summed E-state index contributed by atoms with van der Waals surface area (Å²) < 4.78 is 53.4. The van der Waals surface area contributed by atoms with Crippen LogP contribution in [0.5, 0.6) is 0 Å². The van der Waals surface area contributed by atoms with Crippen LogP contribution in [0, 0.1) is 5.41 Å².